The minimum absolute atomic E-state index is 0.526. The van der Waals surface area contributed by atoms with E-state index < -0.39 is 0 Å². The fourth-order valence-corrected chi connectivity index (χ4v) is 2.93. The second-order valence-corrected chi connectivity index (χ2v) is 5.69. The Bertz CT molecular complexity index is 627. The van der Waals surface area contributed by atoms with E-state index in [1.807, 2.05) is 18.2 Å². The van der Waals surface area contributed by atoms with Crippen LogP contribution < -0.4 is 10.1 Å². The van der Waals surface area contributed by atoms with Gasteiger partial charge < -0.3 is 10.1 Å². The molecular weight excluding hydrogens is 256 g/mol. The van der Waals surface area contributed by atoms with Crippen molar-refractivity contribution in [2.75, 3.05) is 6.54 Å². The van der Waals surface area contributed by atoms with Crippen LogP contribution in [0, 0.1) is 11.3 Å². The summed E-state index contributed by atoms with van der Waals surface area (Å²) in [6.45, 7) is 2.50. The highest BCUT2D eigenvalue weighted by atomic mass is 32.1. The van der Waals surface area contributed by atoms with Crippen LogP contribution in [-0.4, -0.2) is 6.54 Å². The standard InChI is InChI=1S/C15H14N2OS/c16-8-14-3-4-15(19-14)10-18-13-2-1-11-5-6-17-9-12(11)7-13/h1-4,7,17H,5-6,9-10H2. The lowest BCUT2D eigenvalue weighted by Crippen LogP contribution is -2.23. The number of fused-ring (bicyclic) bond motifs is 1. The summed E-state index contributed by atoms with van der Waals surface area (Å²) < 4.78 is 5.79. The van der Waals surface area contributed by atoms with Crippen LogP contribution in [0.15, 0.2) is 30.3 Å². The average Bonchev–Trinajstić information content (AvgIpc) is 2.93. The first kappa shape index (κ1) is 12.2. The van der Waals surface area contributed by atoms with Crippen LogP contribution in [0.25, 0.3) is 0 Å². The molecule has 3 nitrogen and oxygen atoms in total. The van der Waals surface area contributed by atoms with Gasteiger partial charge in [-0.3, -0.25) is 0 Å². The van der Waals surface area contributed by atoms with Gasteiger partial charge in [0, 0.05) is 11.4 Å². The summed E-state index contributed by atoms with van der Waals surface area (Å²) in [7, 11) is 0. The summed E-state index contributed by atoms with van der Waals surface area (Å²) in [6, 6.07) is 12.2. The van der Waals surface area contributed by atoms with Gasteiger partial charge in [0.25, 0.3) is 0 Å². The zero-order valence-electron chi connectivity index (χ0n) is 10.5. The van der Waals surface area contributed by atoms with Crippen molar-refractivity contribution in [2.24, 2.45) is 0 Å². The molecular formula is C15H14N2OS. The van der Waals surface area contributed by atoms with Gasteiger partial charge in [0.2, 0.25) is 0 Å². The zero-order chi connectivity index (χ0) is 13.1. The quantitative estimate of drug-likeness (QED) is 0.932. The van der Waals surface area contributed by atoms with Gasteiger partial charge in [0.1, 0.15) is 23.3 Å². The summed E-state index contributed by atoms with van der Waals surface area (Å²) in [5.74, 6) is 0.898. The maximum atomic E-state index is 8.78. The number of ether oxygens (including phenoxy) is 1. The predicted molar refractivity (Wildman–Crippen MR) is 75.2 cm³/mol. The molecule has 2 heterocycles. The van der Waals surface area contributed by atoms with E-state index in [9.17, 15) is 0 Å². The third-order valence-corrected chi connectivity index (χ3v) is 4.18. The van der Waals surface area contributed by atoms with Gasteiger partial charge in [0.15, 0.2) is 0 Å². The molecule has 0 saturated heterocycles. The van der Waals surface area contributed by atoms with Crippen LogP contribution in [0.2, 0.25) is 0 Å². The van der Waals surface area contributed by atoms with E-state index in [-0.39, 0.29) is 0 Å². The van der Waals surface area contributed by atoms with Gasteiger partial charge >= 0.3 is 0 Å². The number of hydrogen-bond acceptors (Lipinski definition) is 4. The molecule has 1 N–H and O–H groups in total. The van der Waals surface area contributed by atoms with Crippen LogP contribution >= 0.6 is 11.3 Å². The molecule has 96 valence electrons. The molecule has 3 rings (SSSR count). The van der Waals surface area contributed by atoms with Crippen LogP contribution in [0.5, 0.6) is 5.75 Å². The van der Waals surface area contributed by atoms with Gasteiger partial charge in [-0.1, -0.05) is 6.07 Å². The number of hydrogen-bond donors (Lipinski definition) is 1. The van der Waals surface area contributed by atoms with Gasteiger partial charge in [-0.25, -0.2) is 0 Å². The Balaban J connectivity index is 1.68. The molecule has 0 bridgehead atoms. The van der Waals surface area contributed by atoms with Crippen molar-refractivity contribution in [3.63, 3.8) is 0 Å². The van der Waals surface area contributed by atoms with E-state index in [1.54, 1.807) is 0 Å². The van der Waals surface area contributed by atoms with Gasteiger partial charge in [-0.2, -0.15) is 5.26 Å². The van der Waals surface area contributed by atoms with E-state index >= 15 is 0 Å². The fraction of sp³-hybridized carbons (Fsp3) is 0.267. The van der Waals surface area contributed by atoms with Crippen LogP contribution in [0.4, 0.5) is 0 Å². The van der Waals surface area contributed by atoms with Gasteiger partial charge in [0.05, 0.1) is 0 Å². The van der Waals surface area contributed by atoms with Crippen LogP contribution in [-0.2, 0) is 19.6 Å². The normalized spacial score (nSPS) is 13.6. The third kappa shape index (κ3) is 2.78. The summed E-state index contributed by atoms with van der Waals surface area (Å²) in [5, 5.41) is 12.1. The number of benzene rings is 1. The summed E-state index contributed by atoms with van der Waals surface area (Å²) >= 11 is 1.48. The van der Waals surface area contributed by atoms with E-state index in [0.29, 0.717) is 6.61 Å². The Morgan fingerprint density at radius 1 is 1.26 bits per heavy atom. The molecule has 19 heavy (non-hydrogen) atoms. The SMILES string of the molecule is N#Cc1ccc(COc2ccc3c(c2)CNCC3)s1. The highest BCUT2D eigenvalue weighted by molar-refractivity contribution is 7.12. The monoisotopic (exact) mass is 270 g/mol. The topological polar surface area (TPSA) is 45.0 Å². The van der Waals surface area contributed by atoms with Crippen molar-refractivity contribution in [1.82, 2.24) is 5.32 Å². The average molecular weight is 270 g/mol. The smallest absolute Gasteiger partial charge is 0.122 e. The molecule has 4 heteroatoms. The maximum absolute atomic E-state index is 8.78. The molecule has 0 fully saturated rings. The Hall–Kier alpha value is -1.83. The molecule has 1 aromatic heterocycles. The van der Waals surface area contributed by atoms with Crippen molar-refractivity contribution in [3.05, 3.63) is 51.2 Å². The number of rotatable bonds is 3. The minimum atomic E-state index is 0.526. The molecule has 0 unspecified atom stereocenters. The molecule has 1 aliphatic rings. The van der Waals surface area contributed by atoms with Crippen LogP contribution in [0.1, 0.15) is 20.9 Å². The zero-order valence-corrected chi connectivity index (χ0v) is 11.3. The largest absolute Gasteiger partial charge is 0.488 e. The van der Waals surface area contributed by atoms with Crippen LogP contribution in [0.3, 0.4) is 0 Å². The number of nitrogens with zero attached hydrogens (tertiary/aromatic N) is 1. The van der Waals surface area contributed by atoms with E-state index in [2.05, 4.69) is 23.5 Å². The molecule has 1 aliphatic heterocycles. The number of nitrogens with one attached hydrogen (secondary N) is 1. The second kappa shape index (κ2) is 5.43. The molecule has 0 radical (unpaired) electrons. The first-order chi connectivity index (χ1) is 9.35. The van der Waals surface area contributed by atoms with Gasteiger partial charge in [-0.05, 0) is 48.4 Å². The first-order valence-electron chi connectivity index (χ1n) is 6.29. The lowest BCUT2D eigenvalue weighted by molar-refractivity contribution is 0.309. The molecule has 1 aromatic carbocycles. The van der Waals surface area contributed by atoms with Crippen molar-refractivity contribution < 1.29 is 4.74 Å². The Labute approximate surface area is 116 Å². The molecule has 0 amide bonds. The van der Waals surface area contributed by atoms with Crippen molar-refractivity contribution in [3.8, 4) is 11.8 Å². The van der Waals surface area contributed by atoms with E-state index in [1.165, 1.54) is 22.5 Å². The van der Waals surface area contributed by atoms with Crippen molar-refractivity contribution in [2.45, 2.75) is 19.6 Å². The van der Waals surface area contributed by atoms with E-state index in [4.69, 9.17) is 10.00 Å². The Morgan fingerprint density at radius 3 is 3.05 bits per heavy atom. The highest BCUT2D eigenvalue weighted by Crippen LogP contribution is 2.23. The van der Waals surface area contributed by atoms with E-state index in [0.717, 1.165) is 35.0 Å². The second-order valence-electron chi connectivity index (χ2n) is 4.52. The Kier molecular flexibility index (Phi) is 3.49. The highest BCUT2D eigenvalue weighted by Gasteiger charge is 2.09. The first-order valence-corrected chi connectivity index (χ1v) is 7.11. The minimum Gasteiger partial charge on any atom is -0.488 e. The number of thiophene rings is 1. The van der Waals surface area contributed by atoms with Crippen molar-refractivity contribution in [1.29, 1.82) is 5.26 Å². The lowest BCUT2D eigenvalue weighted by atomic mass is 10.0. The fourth-order valence-electron chi connectivity index (χ4n) is 2.22. The third-order valence-electron chi connectivity index (χ3n) is 3.22. The summed E-state index contributed by atoms with van der Waals surface area (Å²) in [4.78, 5) is 1.81. The summed E-state index contributed by atoms with van der Waals surface area (Å²) in [5.41, 5.74) is 2.74. The molecule has 0 saturated carbocycles. The molecule has 0 atom stereocenters. The Morgan fingerprint density at radius 2 is 2.21 bits per heavy atom. The van der Waals surface area contributed by atoms with Crippen molar-refractivity contribution >= 4 is 11.3 Å². The lowest BCUT2D eigenvalue weighted by Gasteiger charge is -2.17. The summed E-state index contributed by atoms with van der Waals surface area (Å²) in [6.07, 6.45) is 1.09. The maximum Gasteiger partial charge on any atom is 0.122 e. The van der Waals surface area contributed by atoms with Gasteiger partial charge in [-0.15, -0.1) is 11.3 Å². The molecule has 0 aliphatic carbocycles. The number of nitriles is 1. The molecule has 0 spiro atoms. The molecule has 2 aromatic rings. The predicted octanol–water partition coefficient (Wildman–Crippen LogP) is 2.84.